The van der Waals surface area contributed by atoms with Crippen molar-refractivity contribution in [2.45, 2.75) is 6.54 Å². The Morgan fingerprint density at radius 1 is 1.11 bits per heavy atom. The molecular weight excluding hydrogens is 376 g/mol. The Bertz CT molecular complexity index is 1150. The highest BCUT2D eigenvalue weighted by atomic mass is 35.5. The van der Waals surface area contributed by atoms with Gasteiger partial charge in [-0.1, -0.05) is 17.7 Å². The molecule has 0 bridgehead atoms. The van der Waals surface area contributed by atoms with Crippen molar-refractivity contribution < 1.29 is 0 Å². The quantitative estimate of drug-likeness (QED) is 0.537. The van der Waals surface area contributed by atoms with Crippen LogP contribution >= 0.6 is 11.6 Å². The zero-order valence-corrected chi connectivity index (χ0v) is 15.2. The van der Waals surface area contributed by atoms with Crippen molar-refractivity contribution in [3.8, 4) is 28.7 Å². The molecule has 28 heavy (non-hydrogen) atoms. The second-order valence-corrected chi connectivity index (χ2v) is 6.23. The highest BCUT2D eigenvalue weighted by Crippen LogP contribution is 2.27. The van der Waals surface area contributed by atoms with Crippen molar-refractivity contribution in [3.63, 3.8) is 0 Å². The van der Waals surface area contributed by atoms with Gasteiger partial charge in [0, 0.05) is 11.8 Å². The van der Waals surface area contributed by atoms with Gasteiger partial charge >= 0.3 is 0 Å². The number of benzene rings is 1. The molecule has 9 heteroatoms. The van der Waals surface area contributed by atoms with Crippen molar-refractivity contribution in [3.05, 3.63) is 71.1 Å². The molecule has 0 spiro atoms. The second kappa shape index (κ2) is 7.82. The first-order chi connectivity index (χ1) is 13.7. The molecule has 8 nitrogen and oxygen atoms in total. The maximum absolute atomic E-state index is 8.95. The largest absolute Gasteiger partial charge is 0.347 e. The smallest absolute Gasteiger partial charge is 0.243 e. The molecule has 0 saturated heterocycles. The highest BCUT2D eigenvalue weighted by molar-refractivity contribution is 6.33. The third kappa shape index (κ3) is 3.79. The monoisotopic (exact) mass is 388 g/mol. The summed E-state index contributed by atoms with van der Waals surface area (Å²) >= 11 is 6.25. The fourth-order valence-corrected chi connectivity index (χ4v) is 2.85. The van der Waals surface area contributed by atoms with E-state index in [9.17, 15) is 0 Å². The minimum Gasteiger partial charge on any atom is -0.347 e. The van der Waals surface area contributed by atoms with E-state index in [2.05, 4.69) is 41.7 Å². The van der Waals surface area contributed by atoms with E-state index in [0.717, 1.165) is 17.1 Å². The van der Waals surface area contributed by atoms with Crippen LogP contribution in [0.3, 0.4) is 0 Å². The molecule has 0 atom stereocenters. The molecule has 0 amide bonds. The van der Waals surface area contributed by atoms with Gasteiger partial charge in [0.25, 0.3) is 0 Å². The van der Waals surface area contributed by atoms with Crippen LogP contribution in [0.2, 0.25) is 5.02 Å². The van der Waals surface area contributed by atoms with Gasteiger partial charge in [-0.2, -0.15) is 15.5 Å². The van der Waals surface area contributed by atoms with E-state index in [4.69, 9.17) is 16.9 Å². The molecule has 2 N–H and O–H groups in total. The summed E-state index contributed by atoms with van der Waals surface area (Å²) in [6, 6.07) is 14.6. The molecule has 0 aliphatic heterocycles. The molecule has 0 aliphatic rings. The van der Waals surface area contributed by atoms with Gasteiger partial charge in [0.05, 0.1) is 46.5 Å². The predicted molar refractivity (Wildman–Crippen MR) is 104 cm³/mol. The maximum atomic E-state index is 8.95. The molecule has 0 unspecified atom stereocenters. The van der Waals surface area contributed by atoms with Gasteiger partial charge in [0.1, 0.15) is 5.69 Å². The van der Waals surface area contributed by atoms with Crippen molar-refractivity contribution in [1.82, 2.24) is 30.4 Å². The average Bonchev–Trinajstić information content (AvgIpc) is 3.22. The summed E-state index contributed by atoms with van der Waals surface area (Å²) < 4.78 is 0. The van der Waals surface area contributed by atoms with Gasteiger partial charge in [-0.05, 0) is 36.4 Å². The number of halogens is 1. The lowest BCUT2D eigenvalue weighted by Gasteiger charge is -2.06. The van der Waals surface area contributed by atoms with E-state index in [1.165, 1.54) is 6.20 Å². The van der Waals surface area contributed by atoms with Crippen molar-refractivity contribution in [2.24, 2.45) is 0 Å². The maximum Gasteiger partial charge on any atom is 0.243 e. The Balaban J connectivity index is 1.49. The molecule has 0 aliphatic carbocycles. The van der Waals surface area contributed by atoms with E-state index in [1.54, 1.807) is 24.4 Å². The van der Waals surface area contributed by atoms with Gasteiger partial charge in [0.15, 0.2) is 0 Å². The number of aromatic nitrogens is 6. The number of aromatic amines is 1. The standard InChI is InChI=1S/C19H13ClN8/c20-15-7-12(9-21)4-5-14(15)18-11-24-28-19(25-18)23-10-13-8-17(27-26-13)16-3-1-2-6-22-16/h1-8,11H,10H2,(H,26,27)(H,23,25,28). The number of rotatable bonds is 5. The molecule has 3 aromatic heterocycles. The van der Waals surface area contributed by atoms with Gasteiger partial charge in [-0.15, -0.1) is 5.10 Å². The van der Waals surface area contributed by atoms with Crippen LogP contribution in [-0.2, 0) is 6.54 Å². The Hall–Kier alpha value is -3.83. The van der Waals surface area contributed by atoms with Gasteiger partial charge in [0.2, 0.25) is 5.95 Å². The Labute approximate surface area is 165 Å². The summed E-state index contributed by atoms with van der Waals surface area (Å²) in [4.78, 5) is 8.72. The molecular formula is C19H13ClN8. The van der Waals surface area contributed by atoms with Gasteiger partial charge in [-0.3, -0.25) is 10.1 Å². The second-order valence-electron chi connectivity index (χ2n) is 5.82. The molecule has 4 rings (SSSR count). The van der Waals surface area contributed by atoms with Crippen LogP contribution in [0.5, 0.6) is 0 Å². The number of nitriles is 1. The highest BCUT2D eigenvalue weighted by Gasteiger charge is 2.09. The molecule has 1 aromatic carbocycles. The van der Waals surface area contributed by atoms with Crippen LogP contribution in [0.15, 0.2) is 54.9 Å². The van der Waals surface area contributed by atoms with E-state index < -0.39 is 0 Å². The minimum absolute atomic E-state index is 0.354. The van der Waals surface area contributed by atoms with Crippen LogP contribution in [0.25, 0.3) is 22.6 Å². The summed E-state index contributed by atoms with van der Waals surface area (Å²) in [7, 11) is 0. The number of H-pyrrole nitrogens is 1. The SMILES string of the molecule is N#Cc1ccc(-c2cnnc(NCc3cc(-c4ccccn4)n[nH]3)n2)c(Cl)c1. The third-order valence-corrected chi connectivity index (χ3v) is 4.24. The lowest BCUT2D eigenvalue weighted by Crippen LogP contribution is -2.05. The number of hydrogen-bond donors (Lipinski definition) is 2. The molecule has 0 radical (unpaired) electrons. The Morgan fingerprint density at radius 3 is 2.82 bits per heavy atom. The molecule has 0 fully saturated rings. The number of hydrogen-bond acceptors (Lipinski definition) is 7. The fourth-order valence-electron chi connectivity index (χ4n) is 2.57. The minimum atomic E-state index is 0.354. The van der Waals surface area contributed by atoms with Crippen molar-refractivity contribution >= 4 is 17.5 Å². The molecule has 4 aromatic rings. The third-order valence-electron chi connectivity index (χ3n) is 3.93. The lowest BCUT2D eigenvalue weighted by atomic mass is 10.1. The predicted octanol–water partition coefficient (Wildman–Crippen LogP) is 3.46. The summed E-state index contributed by atoms with van der Waals surface area (Å²) in [5.41, 5.74) is 4.13. The van der Waals surface area contributed by atoms with Crippen molar-refractivity contribution in [1.29, 1.82) is 5.26 Å². The first kappa shape index (κ1) is 17.6. The van der Waals surface area contributed by atoms with Crippen LogP contribution in [0, 0.1) is 11.3 Å². The van der Waals surface area contributed by atoms with E-state index in [1.807, 2.05) is 24.3 Å². The van der Waals surface area contributed by atoms with Crippen molar-refractivity contribution in [2.75, 3.05) is 5.32 Å². The summed E-state index contributed by atoms with van der Waals surface area (Å²) in [6.45, 7) is 0.437. The van der Waals surface area contributed by atoms with Gasteiger partial charge < -0.3 is 5.32 Å². The summed E-state index contributed by atoms with van der Waals surface area (Å²) in [5.74, 6) is 0.354. The molecule has 136 valence electrons. The normalized spacial score (nSPS) is 10.4. The van der Waals surface area contributed by atoms with E-state index in [-0.39, 0.29) is 0 Å². The topological polar surface area (TPSA) is 116 Å². The number of anilines is 1. The zero-order chi connectivity index (χ0) is 19.3. The van der Waals surface area contributed by atoms with Crippen LogP contribution < -0.4 is 5.32 Å². The first-order valence-corrected chi connectivity index (χ1v) is 8.70. The molecule has 0 saturated carbocycles. The molecule has 3 heterocycles. The van der Waals surface area contributed by atoms with Crippen LogP contribution in [0.1, 0.15) is 11.3 Å². The van der Waals surface area contributed by atoms with E-state index in [0.29, 0.717) is 34.3 Å². The number of pyridine rings is 1. The summed E-state index contributed by atoms with van der Waals surface area (Å²) in [6.07, 6.45) is 3.25. The number of nitrogens with zero attached hydrogens (tertiary/aromatic N) is 6. The van der Waals surface area contributed by atoms with Crippen LogP contribution in [-0.4, -0.2) is 30.4 Å². The first-order valence-electron chi connectivity index (χ1n) is 8.32. The lowest BCUT2D eigenvalue weighted by molar-refractivity contribution is 0.923. The summed E-state index contributed by atoms with van der Waals surface area (Å²) in [5, 5.41) is 27.7. The van der Waals surface area contributed by atoms with Crippen LogP contribution in [0.4, 0.5) is 5.95 Å². The fraction of sp³-hybridized carbons (Fsp3) is 0.0526. The number of nitrogens with one attached hydrogen (secondary N) is 2. The average molecular weight is 389 g/mol. The zero-order valence-electron chi connectivity index (χ0n) is 14.5. The van der Waals surface area contributed by atoms with E-state index >= 15 is 0 Å². The Kier molecular flexibility index (Phi) is 4.91. The Morgan fingerprint density at radius 2 is 2.04 bits per heavy atom. The van der Waals surface area contributed by atoms with Gasteiger partial charge in [-0.25, -0.2) is 4.98 Å².